The Morgan fingerprint density at radius 2 is 1.00 bits per heavy atom. The molecule has 0 aromatic heterocycles. The van der Waals surface area contributed by atoms with E-state index in [2.05, 4.69) is 0 Å². The second-order valence-corrected chi connectivity index (χ2v) is 0. The summed E-state index contributed by atoms with van der Waals surface area (Å²) in [7, 11) is 0. The van der Waals surface area contributed by atoms with Crippen LogP contribution in [-0.4, -0.2) is 37.7 Å². The number of hydrogen-bond acceptors (Lipinski definition) is 0. The fraction of sp³-hybridized carbons (Fsp3) is 0. The Kier molecular flexibility index (Phi) is 90.2. The fourth-order valence-electron chi connectivity index (χ4n) is 0. The maximum atomic E-state index is 0. The third-order valence-electron chi connectivity index (χ3n) is 0. The van der Waals surface area contributed by atoms with Gasteiger partial charge in [-0.1, -0.05) is 0 Å². The van der Waals surface area contributed by atoms with Crippen molar-refractivity contribution in [3.05, 3.63) is 0 Å². The molecule has 0 bridgehead atoms. The van der Waals surface area contributed by atoms with Crippen molar-refractivity contribution in [2.75, 3.05) is 0 Å². The van der Waals surface area contributed by atoms with Crippen LogP contribution >= 0.6 is 0 Å². The molecule has 0 fully saturated rings. The van der Waals surface area contributed by atoms with Gasteiger partial charge in [0.25, 0.3) is 0 Å². The third-order valence-corrected chi connectivity index (χ3v) is 0. The Bertz CT molecular complexity index is 14.0. The van der Waals surface area contributed by atoms with E-state index in [1.807, 2.05) is 0 Å². The molecule has 0 aromatic carbocycles. The van der Waals surface area contributed by atoms with Crippen LogP contribution in [0.5, 0.6) is 0 Å². The van der Waals surface area contributed by atoms with Crippen molar-refractivity contribution in [2.45, 2.75) is 0 Å². The molecule has 0 nitrogen and oxygen atoms in total. The first kappa shape index (κ1) is 23.0. The van der Waals surface area contributed by atoms with Crippen molar-refractivity contribution in [1.29, 1.82) is 0 Å². The molecule has 0 amide bonds. The van der Waals surface area contributed by atoms with Crippen LogP contribution in [0.1, 0.15) is 5.71 Å². The van der Waals surface area contributed by atoms with Gasteiger partial charge in [0, 0.05) is 17.1 Å². The summed E-state index contributed by atoms with van der Waals surface area (Å²) in [5.41, 5.74) is 0. The van der Waals surface area contributed by atoms with Crippen molar-refractivity contribution in [1.82, 2.24) is 0 Å². The van der Waals surface area contributed by atoms with Crippen LogP contribution < -0.4 is 103 Å². The molecule has 0 heterocycles. The zero-order valence-electron chi connectivity index (χ0n) is 7.06. The molecule has 4 heteroatoms. The van der Waals surface area contributed by atoms with Gasteiger partial charge in [-0.2, -0.15) is 0 Å². The predicted molar refractivity (Wildman–Crippen MR) is 10.2 cm³/mol. The van der Waals surface area contributed by atoms with E-state index in [1.54, 1.807) is 0 Å². The van der Waals surface area contributed by atoms with Gasteiger partial charge < -0.3 is 5.71 Å². The smallest absolute Gasteiger partial charge is 1.00 e. The normalized spacial score (nSPS) is 0. The molecule has 0 aliphatic rings. The first-order valence-corrected chi connectivity index (χ1v) is 0. The van der Waals surface area contributed by atoms with Gasteiger partial charge in [0.15, 0.2) is 0 Å². The minimum absolute atomic E-state index is 0. The van der Waals surface area contributed by atoms with Gasteiger partial charge in [-0.05, 0) is 0 Å². The topological polar surface area (TPSA) is 0 Å². The summed E-state index contributed by atoms with van der Waals surface area (Å²) >= 11 is 0. The SMILES string of the molecule is [Ca+2].[Fe].[H-].[H-].[H-].[H-].[K+].[K+]. The molecular formula is H4CaFeK2. The monoisotopic (exact) mass is 178 g/mol. The molecule has 0 aliphatic heterocycles. The van der Waals surface area contributed by atoms with E-state index in [-0.39, 0.29) is 163 Å². The Labute approximate surface area is 158 Å². The van der Waals surface area contributed by atoms with Crippen LogP contribution in [0.15, 0.2) is 0 Å². The zero-order chi connectivity index (χ0) is 0. The summed E-state index contributed by atoms with van der Waals surface area (Å²) in [5, 5.41) is 0. The zero-order valence-corrected chi connectivity index (χ0v) is 12.6. The minimum Gasteiger partial charge on any atom is -1.00 e. The van der Waals surface area contributed by atoms with E-state index in [1.165, 1.54) is 0 Å². The van der Waals surface area contributed by atoms with Crippen LogP contribution in [0.3, 0.4) is 0 Å². The van der Waals surface area contributed by atoms with Crippen LogP contribution in [0.2, 0.25) is 0 Å². The molecule has 0 rings (SSSR count). The fourth-order valence-corrected chi connectivity index (χ4v) is 0. The molecule has 0 spiro atoms. The van der Waals surface area contributed by atoms with Gasteiger partial charge in [0.05, 0.1) is 0 Å². The first-order valence-electron chi connectivity index (χ1n) is 0. The maximum absolute atomic E-state index is 0. The predicted octanol–water partition coefficient (Wildman–Crippen LogP) is -5.93. The van der Waals surface area contributed by atoms with Crippen molar-refractivity contribution in [3.8, 4) is 0 Å². The van der Waals surface area contributed by atoms with Gasteiger partial charge in [-0.15, -0.1) is 0 Å². The third kappa shape index (κ3) is 10.1. The van der Waals surface area contributed by atoms with Crippen LogP contribution in [0.4, 0.5) is 0 Å². The van der Waals surface area contributed by atoms with Crippen LogP contribution in [0, 0.1) is 0 Å². The average molecular weight is 178 g/mol. The molecular weight excluding hydrogens is 174 g/mol. The summed E-state index contributed by atoms with van der Waals surface area (Å²) in [5.74, 6) is 0. The van der Waals surface area contributed by atoms with Crippen molar-refractivity contribution < 1.29 is 126 Å². The van der Waals surface area contributed by atoms with Gasteiger partial charge in [-0.25, -0.2) is 0 Å². The van der Waals surface area contributed by atoms with Gasteiger partial charge in [0.1, 0.15) is 0 Å². The Morgan fingerprint density at radius 3 is 1.00 bits per heavy atom. The quantitative estimate of drug-likeness (QED) is 0.324. The maximum Gasteiger partial charge on any atom is 2.00 e. The molecule has 0 radical (unpaired) electrons. The Balaban J connectivity index is 0. The summed E-state index contributed by atoms with van der Waals surface area (Å²) in [4.78, 5) is 0. The Hall–Kier alpha value is 5.05. The van der Waals surface area contributed by atoms with Gasteiger partial charge >= 0.3 is 141 Å². The van der Waals surface area contributed by atoms with Gasteiger partial charge in [-0.3, -0.25) is 0 Å². The summed E-state index contributed by atoms with van der Waals surface area (Å²) < 4.78 is 0. The van der Waals surface area contributed by atoms with Gasteiger partial charge in [0.2, 0.25) is 0 Å². The summed E-state index contributed by atoms with van der Waals surface area (Å²) in [6.07, 6.45) is 0. The molecule has 0 unspecified atom stereocenters. The van der Waals surface area contributed by atoms with E-state index in [0.717, 1.165) is 0 Å². The molecule has 16 valence electrons. The minimum atomic E-state index is 0. The van der Waals surface area contributed by atoms with Crippen LogP contribution in [0.25, 0.3) is 0 Å². The summed E-state index contributed by atoms with van der Waals surface area (Å²) in [6.45, 7) is 0. The van der Waals surface area contributed by atoms with E-state index in [9.17, 15) is 0 Å². The second-order valence-electron chi connectivity index (χ2n) is 0. The number of hydrogen-bond donors (Lipinski definition) is 0. The molecule has 0 saturated carbocycles. The first-order chi connectivity index (χ1) is 0. The van der Waals surface area contributed by atoms with E-state index in [0.29, 0.717) is 0 Å². The number of rotatable bonds is 0. The molecule has 0 saturated heterocycles. The molecule has 0 N–H and O–H groups in total. The van der Waals surface area contributed by atoms with Crippen LogP contribution in [-0.2, 0) is 17.1 Å². The average Bonchev–Trinajstić information content (AvgIpc) is 0. The molecule has 0 aliphatic carbocycles. The van der Waals surface area contributed by atoms with Crippen molar-refractivity contribution in [3.63, 3.8) is 0 Å². The standard InChI is InChI=1S/Ca.Fe.2K.4H/q+2;;2*+1;4*-1. The molecule has 0 aromatic rings. The Morgan fingerprint density at radius 1 is 1.00 bits per heavy atom. The van der Waals surface area contributed by atoms with E-state index in [4.69, 9.17) is 0 Å². The molecule has 4 heavy (non-hydrogen) atoms. The second kappa shape index (κ2) is 15.7. The van der Waals surface area contributed by atoms with E-state index >= 15 is 0 Å². The van der Waals surface area contributed by atoms with Crippen molar-refractivity contribution in [2.24, 2.45) is 0 Å². The van der Waals surface area contributed by atoms with E-state index < -0.39 is 0 Å². The molecule has 0 atom stereocenters. The largest absolute Gasteiger partial charge is 2.00 e. The van der Waals surface area contributed by atoms with Crippen molar-refractivity contribution >= 4 is 37.7 Å². The summed E-state index contributed by atoms with van der Waals surface area (Å²) in [6, 6.07) is 0.